The molecule has 0 saturated heterocycles. The summed E-state index contributed by atoms with van der Waals surface area (Å²) in [4.78, 5) is 17.7. The van der Waals surface area contributed by atoms with E-state index in [1.54, 1.807) is 11.1 Å². The summed E-state index contributed by atoms with van der Waals surface area (Å²) in [6.45, 7) is 1.29. The second-order valence-corrected chi connectivity index (χ2v) is 4.17. The molecule has 2 N–H and O–H groups in total. The Kier molecular flexibility index (Phi) is 6.25. The SMILES string of the molecule is CN(Cc1ccccn1)C(=O)CCCCCN. The maximum absolute atomic E-state index is 11.8. The van der Waals surface area contributed by atoms with Crippen molar-refractivity contribution >= 4 is 5.91 Å². The number of nitrogens with two attached hydrogens (primary N) is 1. The summed E-state index contributed by atoms with van der Waals surface area (Å²) in [6.07, 6.45) is 5.29. The van der Waals surface area contributed by atoms with Gasteiger partial charge in [0.25, 0.3) is 0 Å². The van der Waals surface area contributed by atoms with Crippen molar-refractivity contribution in [1.82, 2.24) is 9.88 Å². The van der Waals surface area contributed by atoms with E-state index in [1.807, 2.05) is 25.2 Å². The molecular weight excluding hydrogens is 214 g/mol. The quantitative estimate of drug-likeness (QED) is 0.730. The first-order valence-corrected chi connectivity index (χ1v) is 6.08. The van der Waals surface area contributed by atoms with E-state index in [4.69, 9.17) is 5.73 Å². The van der Waals surface area contributed by atoms with Gasteiger partial charge in [0.05, 0.1) is 12.2 Å². The highest BCUT2D eigenvalue weighted by Crippen LogP contribution is 2.05. The summed E-state index contributed by atoms with van der Waals surface area (Å²) >= 11 is 0. The van der Waals surface area contributed by atoms with Gasteiger partial charge >= 0.3 is 0 Å². The minimum atomic E-state index is 0.174. The average molecular weight is 235 g/mol. The molecule has 1 amide bonds. The minimum absolute atomic E-state index is 0.174. The molecule has 1 heterocycles. The Balaban J connectivity index is 2.27. The number of unbranched alkanes of at least 4 members (excludes halogenated alkanes) is 2. The summed E-state index contributed by atoms with van der Waals surface area (Å²) in [6, 6.07) is 5.73. The van der Waals surface area contributed by atoms with Gasteiger partial charge in [-0.3, -0.25) is 9.78 Å². The third-order valence-electron chi connectivity index (χ3n) is 2.65. The maximum Gasteiger partial charge on any atom is 0.222 e. The standard InChI is InChI=1S/C13H21N3O/c1-16(11-12-7-4-6-10-15-12)13(17)8-3-2-5-9-14/h4,6-7,10H,2-3,5,8-9,11,14H2,1H3. The van der Waals surface area contributed by atoms with Crippen LogP contribution in [0.15, 0.2) is 24.4 Å². The molecule has 0 aliphatic rings. The van der Waals surface area contributed by atoms with Crippen LogP contribution in [-0.2, 0) is 11.3 Å². The lowest BCUT2D eigenvalue weighted by Gasteiger charge is -2.16. The molecule has 0 atom stereocenters. The van der Waals surface area contributed by atoms with Crippen LogP contribution in [0.3, 0.4) is 0 Å². The number of carbonyl (C=O) groups excluding carboxylic acids is 1. The molecule has 4 heteroatoms. The van der Waals surface area contributed by atoms with Gasteiger partial charge in [-0.1, -0.05) is 12.5 Å². The highest BCUT2D eigenvalue weighted by Gasteiger charge is 2.08. The molecule has 0 bridgehead atoms. The smallest absolute Gasteiger partial charge is 0.222 e. The molecule has 0 fully saturated rings. The zero-order chi connectivity index (χ0) is 12.5. The van der Waals surface area contributed by atoms with E-state index in [9.17, 15) is 4.79 Å². The van der Waals surface area contributed by atoms with Crippen LogP contribution in [0.5, 0.6) is 0 Å². The zero-order valence-electron chi connectivity index (χ0n) is 10.4. The van der Waals surface area contributed by atoms with Gasteiger partial charge in [-0.25, -0.2) is 0 Å². The van der Waals surface area contributed by atoms with Crippen LogP contribution < -0.4 is 5.73 Å². The Morgan fingerprint density at radius 2 is 2.18 bits per heavy atom. The van der Waals surface area contributed by atoms with Gasteiger partial charge in [0.15, 0.2) is 0 Å². The summed E-state index contributed by atoms with van der Waals surface area (Å²) in [5, 5.41) is 0. The van der Waals surface area contributed by atoms with Crippen LogP contribution in [0.2, 0.25) is 0 Å². The number of pyridine rings is 1. The van der Waals surface area contributed by atoms with Crippen molar-refractivity contribution in [1.29, 1.82) is 0 Å². The molecule has 94 valence electrons. The highest BCUT2D eigenvalue weighted by molar-refractivity contribution is 5.75. The second-order valence-electron chi connectivity index (χ2n) is 4.17. The molecular formula is C13H21N3O. The number of hydrogen-bond acceptors (Lipinski definition) is 3. The van der Waals surface area contributed by atoms with Gasteiger partial charge in [-0.2, -0.15) is 0 Å². The first kappa shape index (κ1) is 13.6. The van der Waals surface area contributed by atoms with Crippen LogP contribution in [0.4, 0.5) is 0 Å². The molecule has 1 aromatic rings. The van der Waals surface area contributed by atoms with E-state index >= 15 is 0 Å². The molecule has 1 aromatic heterocycles. The number of hydrogen-bond donors (Lipinski definition) is 1. The minimum Gasteiger partial charge on any atom is -0.340 e. The van der Waals surface area contributed by atoms with Crippen molar-refractivity contribution in [2.24, 2.45) is 5.73 Å². The molecule has 0 aliphatic carbocycles. The van der Waals surface area contributed by atoms with Crippen molar-refractivity contribution in [3.8, 4) is 0 Å². The van der Waals surface area contributed by atoms with Gasteiger partial charge in [0.1, 0.15) is 0 Å². The van der Waals surface area contributed by atoms with Crippen molar-refractivity contribution < 1.29 is 4.79 Å². The van der Waals surface area contributed by atoms with Crippen molar-refractivity contribution in [2.45, 2.75) is 32.2 Å². The number of nitrogens with zero attached hydrogens (tertiary/aromatic N) is 2. The first-order valence-electron chi connectivity index (χ1n) is 6.08. The van der Waals surface area contributed by atoms with E-state index in [1.165, 1.54) is 0 Å². The fourth-order valence-corrected chi connectivity index (χ4v) is 1.61. The summed E-state index contributed by atoms with van der Waals surface area (Å²) in [5.74, 6) is 0.174. The van der Waals surface area contributed by atoms with E-state index < -0.39 is 0 Å². The van der Waals surface area contributed by atoms with Gasteiger partial charge in [0.2, 0.25) is 5.91 Å². The third kappa shape index (κ3) is 5.45. The molecule has 0 spiro atoms. The fraction of sp³-hybridized carbons (Fsp3) is 0.538. The molecule has 4 nitrogen and oxygen atoms in total. The summed E-state index contributed by atoms with van der Waals surface area (Å²) in [7, 11) is 1.82. The van der Waals surface area contributed by atoms with Gasteiger partial charge in [-0.15, -0.1) is 0 Å². The molecule has 0 radical (unpaired) electrons. The normalized spacial score (nSPS) is 10.2. The Bertz CT molecular complexity index is 327. The second kappa shape index (κ2) is 7.79. The Morgan fingerprint density at radius 3 is 2.82 bits per heavy atom. The Hall–Kier alpha value is -1.42. The monoisotopic (exact) mass is 235 g/mol. The third-order valence-corrected chi connectivity index (χ3v) is 2.65. The first-order chi connectivity index (χ1) is 8.24. The topological polar surface area (TPSA) is 59.2 Å². The predicted molar refractivity (Wildman–Crippen MR) is 68.2 cm³/mol. The van der Waals surface area contributed by atoms with Crippen LogP contribution in [-0.4, -0.2) is 29.4 Å². The predicted octanol–water partition coefficient (Wildman–Crippen LogP) is 1.56. The Labute approximate surface area is 103 Å². The molecule has 0 saturated carbocycles. The van der Waals surface area contributed by atoms with E-state index in [0.717, 1.165) is 25.0 Å². The van der Waals surface area contributed by atoms with Crippen molar-refractivity contribution in [3.63, 3.8) is 0 Å². The maximum atomic E-state index is 11.8. The van der Waals surface area contributed by atoms with Crippen LogP contribution in [0, 0.1) is 0 Å². The van der Waals surface area contributed by atoms with Crippen LogP contribution in [0.1, 0.15) is 31.4 Å². The molecule has 1 rings (SSSR count). The van der Waals surface area contributed by atoms with Crippen molar-refractivity contribution in [2.75, 3.05) is 13.6 Å². The van der Waals surface area contributed by atoms with E-state index in [-0.39, 0.29) is 5.91 Å². The molecule has 0 aliphatic heterocycles. The number of aromatic nitrogens is 1. The van der Waals surface area contributed by atoms with Gasteiger partial charge < -0.3 is 10.6 Å². The Morgan fingerprint density at radius 1 is 1.35 bits per heavy atom. The molecule has 0 unspecified atom stereocenters. The van der Waals surface area contributed by atoms with Crippen molar-refractivity contribution in [3.05, 3.63) is 30.1 Å². The number of rotatable bonds is 7. The molecule has 17 heavy (non-hydrogen) atoms. The molecule has 0 aromatic carbocycles. The average Bonchev–Trinajstić information content (AvgIpc) is 2.35. The fourth-order valence-electron chi connectivity index (χ4n) is 1.61. The van der Waals surface area contributed by atoms with E-state index in [2.05, 4.69) is 4.98 Å². The lowest BCUT2D eigenvalue weighted by atomic mass is 10.2. The van der Waals surface area contributed by atoms with Gasteiger partial charge in [-0.05, 0) is 31.5 Å². The zero-order valence-corrected chi connectivity index (χ0v) is 10.4. The lowest BCUT2D eigenvalue weighted by Crippen LogP contribution is -2.26. The van der Waals surface area contributed by atoms with Crippen LogP contribution >= 0.6 is 0 Å². The largest absolute Gasteiger partial charge is 0.340 e. The van der Waals surface area contributed by atoms with Crippen LogP contribution in [0.25, 0.3) is 0 Å². The summed E-state index contributed by atoms with van der Waals surface area (Å²) < 4.78 is 0. The number of carbonyl (C=O) groups is 1. The highest BCUT2D eigenvalue weighted by atomic mass is 16.2. The summed E-state index contributed by atoms with van der Waals surface area (Å²) in [5.41, 5.74) is 6.33. The van der Waals surface area contributed by atoms with E-state index in [0.29, 0.717) is 19.5 Å². The van der Waals surface area contributed by atoms with Gasteiger partial charge in [0, 0.05) is 19.7 Å². The number of amides is 1. The lowest BCUT2D eigenvalue weighted by molar-refractivity contribution is -0.130.